The molecule has 0 N–H and O–H groups in total. The number of hydrogen-bond acceptors (Lipinski definition) is 5. The van der Waals surface area contributed by atoms with Crippen LogP contribution in [0.2, 0.25) is 0 Å². The minimum atomic E-state index is 0.536. The number of benzene rings is 2. The van der Waals surface area contributed by atoms with Crippen LogP contribution in [-0.2, 0) is 13.0 Å². The number of ether oxygens (including phenoxy) is 2. The molecule has 1 aliphatic rings. The normalized spacial score (nSPS) is 13.2. The van der Waals surface area contributed by atoms with Gasteiger partial charge in [-0.05, 0) is 41.8 Å². The summed E-state index contributed by atoms with van der Waals surface area (Å²) in [6, 6.07) is 17.9. The first-order valence-corrected chi connectivity index (χ1v) is 8.27. The lowest BCUT2D eigenvalue weighted by Gasteiger charge is -2.29. The molecule has 0 spiro atoms. The highest BCUT2D eigenvalue weighted by Crippen LogP contribution is 2.27. The number of anilines is 1. The zero-order chi connectivity index (χ0) is 17.1. The van der Waals surface area contributed by atoms with Crippen LogP contribution in [0.1, 0.15) is 11.1 Å². The molecule has 1 aromatic heterocycles. The van der Waals surface area contributed by atoms with Crippen molar-refractivity contribution in [1.82, 2.24) is 9.97 Å². The molecule has 0 amide bonds. The maximum atomic E-state index is 5.85. The molecule has 1 aliphatic heterocycles. The second-order valence-electron chi connectivity index (χ2n) is 5.93. The number of fused-ring (bicyclic) bond motifs is 1. The van der Waals surface area contributed by atoms with Gasteiger partial charge in [0.1, 0.15) is 23.6 Å². The van der Waals surface area contributed by atoms with Crippen molar-refractivity contribution in [2.75, 3.05) is 18.6 Å². The molecule has 0 saturated heterocycles. The highest BCUT2D eigenvalue weighted by Gasteiger charge is 2.17. The lowest BCUT2D eigenvalue weighted by Crippen LogP contribution is -2.30. The minimum absolute atomic E-state index is 0.536. The average Bonchev–Trinajstić information content (AvgIpc) is 2.68. The van der Waals surface area contributed by atoms with E-state index in [9.17, 15) is 0 Å². The Morgan fingerprint density at radius 1 is 0.920 bits per heavy atom. The zero-order valence-corrected chi connectivity index (χ0v) is 14.1. The number of hydrogen-bond donors (Lipinski definition) is 0. The second-order valence-corrected chi connectivity index (χ2v) is 5.93. The van der Waals surface area contributed by atoms with Gasteiger partial charge in [0.2, 0.25) is 5.88 Å². The molecule has 2 aromatic carbocycles. The van der Waals surface area contributed by atoms with Crippen LogP contribution in [-0.4, -0.2) is 23.6 Å². The van der Waals surface area contributed by atoms with Crippen molar-refractivity contribution in [2.24, 2.45) is 0 Å². The summed E-state index contributed by atoms with van der Waals surface area (Å²) >= 11 is 0. The summed E-state index contributed by atoms with van der Waals surface area (Å²) in [4.78, 5) is 10.9. The van der Waals surface area contributed by atoms with E-state index in [0.717, 1.165) is 36.8 Å². The highest BCUT2D eigenvalue weighted by molar-refractivity contribution is 5.46. The van der Waals surface area contributed by atoms with Gasteiger partial charge in [0, 0.05) is 19.2 Å². The van der Waals surface area contributed by atoms with Gasteiger partial charge in [-0.3, -0.25) is 0 Å². The fourth-order valence-corrected chi connectivity index (χ4v) is 3.01. The molecule has 0 bridgehead atoms. The Bertz CT molecular complexity index is 865. The molecule has 126 valence electrons. The van der Waals surface area contributed by atoms with E-state index in [1.165, 1.54) is 11.1 Å². The first kappa shape index (κ1) is 15.4. The van der Waals surface area contributed by atoms with E-state index >= 15 is 0 Å². The fourth-order valence-electron chi connectivity index (χ4n) is 3.01. The largest absolute Gasteiger partial charge is 0.497 e. The molecule has 25 heavy (non-hydrogen) atoms. The van der Waals surface area contributed by atoms with Gasteiger partial charge in [-0.2, -0.15) is 0 Å². The maximum absolute atomic E-state index is 5.85. The molecule has 0 unspecified atom stereocenters. The third-order valence-corrected chi connectivity index (χ3v) is 4.36. The van der Waals surface area contributed by atoms with Crippen LogP contribution in [0.3, 0.4) is 0 Å². The Balaban J connectivity index is 1.51. The van der Waals surface area contributed by atoms with Gasteiger partial charge in [-0.1, -0.05) is 24.3 Å². The van der Waals surface area contributed by atoms with Gasteiger partial charge in [0.05, 0.1) is 7.11 Å². The van der Waals surface area contributed by atoms with Gasteiger partial charge < -0.3 is 14.4 Å². The number of methoxy groups -OCH3 is 1. The van der Waals surface area contributed by atoms with E-state index in [1.807, 2.05) is 30.3 Å². The summed E-state index contributed by atoms with van der Waals surface area (Å²) in [5, 5.41) is 0. The third kappa shape index (κ3) is 3.40. The highest BCUT2D eigenvalue weighted by atomic mass is 16.5. The van der Waals surface area contributed by atoms with Crippen molar-refractivity contribution in [3.63, 3.8) is 0 Å². The molecular weight excluding hydrogens is 314 g/mol. The van der Waals surface area contributed by atoms with Crippen LogP contribution in [0.5, 0.6) is 17.4 Å². The van der Waals surface area contributed by atoms with Gasteiger partial charge in [-0.25, -0.2) is 9.97 Å². The van der Waals surface area contributed by atoms with E-state index in [-0.39, 0.29) is 0 Å². The smallest absolute Gasteiger partial charge is 0.224 e. The molecule has 0 saturated carbocycles. The van der Waals surface area contributed by atoms with Crippen molar-refractivity contribution in [2.45, 2.75) is 13.0 Å². The van der Waals surface area contributed by atoms with Crippen LogP contribution in [0.4, 0.5) is 5.82 Å². The molecule has 0 atom stereocenters. The van der Waals surface area contributed by atoms with Crippen molar-refractivity contribution in [3.05, 3.63) is 72.1 Å². The molecule has 4 rings (SSSR count). The molecular formula is C20H19N3O2. The van der Waals surface area contributed by atoms with Crippen LogP contribution in [0.15, 0.2) is 60.9 Å². The Morgan fingerprint density at radius 3 is 2.48 bits per heavy atom. The van der Waals surface area contributed by atoms with Crippen LogP contribution in [0, 0.1) is 0 Å². The van der Waals surface area contributed by atoms with E-state index in [2.05, 4.69) is 39.1 Å². The molecule has 3 aromatic rings. The lowest BCUT2D eigenvalue weighted by atomic mass is 10.00. The van der Waals surface area contributed by atoms with Gasteiger partial charge in [0.25, 0.3) is 0 Å². The number of nitrogens with zero attached hydrogens (tertiary/aromatic N) is 3. The van der Waals surface area contributed by atoms with Crippen molar-refractivity contribution < 1.29 is 9.47 Å². The molecule has 5 heteroatoms. The molecule has 0 fully saturated rings. The second kappa shape index (κ2) is 6.81. The van der Waals surface area contributed by atoms with E-state index in [1.54, 1.807) is 13.4 Å². The average molecular weight is 333 g/mol. The third-order valence-electron chi connectivity index (χ3n) is 4.36. The summed E-state index contributed by atoms with van der Waals surface area (Å²) in [6.07, 6.45) is 2.57. The van der Waals surface area contributed by atoms with Gasteiger partial charge in [0.15, 0.2) is 0 Å². The first-order valence-electron chi connectivity index (χ1n) is 8.27. The fraction of sp³-hybridized carbons (Fsp3) is 0.200. The lowest BCUT2D eigenvalue weighted by molar-refractivity contribution is 0.412. The minimum Gasteiger partial charge on any atom is -0.497 e. The summed E-state index contributed by atoms with van der Waals surface area (Å²) in [5.74, 6) is 2.93. The van der Waals surface area contributed by atoms with Crippen LogP contribution < -0.4 is 14.4 Å². The standard InChI is InChI=1S/C20H19N3O2/c1-24-17-6-8-18(9-7-17)25-20-12-19(21-14-22-20)23-11-10-15-4-2-3-5-16(15)13-23/h2-9,12,14H,10-11,13H2,1H3. The molecule has 0 aliphatic carbocycles. The van der Waals surface area contributed by atoms with E-state index in [4.69, 9.17) is 9.47 Å². The Kier molecular flexibility index (Phi) is 4.21. The number of rotatable bonds is 4. The van der Waals surface area contributed by atoms with E-state index in [0.29, 0.717) is 5.88 Å². The predicted molar refractivity (Wildman–Crippen MR) is 96.3 cm³/mol. The van der Waals surface area contributed by atoms with Crippen molar-refractivity contribution in [3.8, 4) is 17.4 Å². The molecule has 2 heterocycles. The summed E-state index contributed by atoms with van der Waals surface area (Å²) in [7, 11) is 1.64. The Labute approximate surface area is 146 Å². The SMILES string of the molecule is COc1ccc(Oc2cc(N3CCc4ccccc4C3)ncn2)cc1. The van der Waals surface area contributed by atoms with Gasteiger partial charge in [-0.15, -0.1) is 0 Å². The van der Waals surface area contributed by atoms with Crippen LogP contribution >= 0.6 is 0 Å². The van der Waals surface area contributed by atoms with Gasteiger partial charge >= 0.3 is 0 Å². The summed E-state index contributed by atoms with van der Waals surface area (Å²) in [6.45, 7) is 1.80. The monoisotopic (exact) mass is 333 g/mol. The number of aromatic nitrogens is 2. The van der Waals surface area contributed by atoms with Crippen molar-refractivity contribution >= 4 is 5.82 Å². The van der Waals surface area contributed by atoms with Crippen LogP contribution in [0.25, 0.3) is 0 Å². The summed E-state index contributed by atoms with van der Waals surface area (Å²) in [5.41, 5.74) is 2.77. The maximum Gasteiger partial charge on any atom is 0.224 e. The Morgan fingerprint density at radius 2 is 1.68 bits per heavy atom. The Hall–Kier alpha value is -3.08. The summed E-state index contributed by atoms with van der Waals surface area (Å²) < 4.78 is 11.0. The first-order chi connectivity index (χ1) is 12.3. The zero-order valence-electron chi connectivity index (χ0n) is 14.1. The van der Waals surface area contributed by atoms with E-state index < -0.39 is 0 Å². The topological polar surface area (TPSA) is 47.5 Å². The quantitative estimate of drug-likeness (QED) is 0.726. The van der Waals surface area contributed by atoms with Crippen molar-refractivity contribution in [1.29, 1.82) is 0 Å². The molecule has 0 radical (unpaired) electrons. The predicted octanol–water partition coefficient (Wildman–Crippen LogP) is 3.84. The molecule has 5 nitrogen and oxygen atoms in total.